The molecular formula is C25H27N5O6S2. The van der Waals surface area contributed by atoms with Gasteiger partial charge in [-0.1, -0.05) is 36.4 Å². The van der Waals surface area contributed by atoms with Gasteiger partial charge in [0.15, 0.2) is 5.96 Å². The van der Waals surface area contributed by atoms with Gasteiger partial charge in [0.25, 0.3) is 5.91 Å². The first kappa shape index (κ1) is 27.2. The summed E-state index contributed by atoms with van der Waals surface area (Å²) >= 11 is 1.18. The summed E-state index contributed by atoms with van der Waals surface area (Å²) < 4.78 is 28.2. The first-order valence-electron chi connectivity index (χ1n) is 11.9. The molecule has 0 bridgehead atoms. The highest BCUT2D eigenvalue weighted by Gasteiger charge is 2.27. The molecule has 1 aliphatic heterocycles. The van der Waals surface area contributed by atoms with Crippen molar-refractivity contribution in [3.05, 3.63) is 64.4 Å². The van der Waals surface area contributed by atoms with E-state index in [0.717, 1.165) is 17.8 Å². The Morgan fingerprint density at radius 3 is 2.63 bits per heavy atom. The topological polar surface area (TPSA) is 166 Å². The summed E-state index contributed by atoms with van der Waals surface area (Å²) in [5.74, 6) is -1.69. The largest absolute Gasteiger partial charge is 0.480 e. The SMILES string of the molecule is O=C(CCc1ccc(C(=O)NCC(NS(=O)(=O)c2cccc3ccccc23)C(=O)O)s1)NC1=NCCCN1. The number of guanidine groups is 1. The van der Waals surface area contributed by atoms with Crippen molar-refractivity contribution in [1.29, 1.82) is 0 Å². The summed E-state index contributed by atoms with van der Waals surface area (Å²) in [5, 5.41) is 19.0. The summed E-state index contributed by atoms with van der Waals surface area (Å²) in [4.78, 5) is 41.8. The van der Waals surface area contributed by atoms with Gasteiger partial charge in [0, 0.05) is 36.3 Å². The van der Waals surface area contributed by atoms with Gasteiger partial charge in [-0.15, -0.1) is 11.3 Å². The summed E-state index contributed by atoms with van der Waals surface area (Å²) in [6.45, 7) is 0.970. The number of carbonyl (C=O) groups is 3. The van der Waals surface area contributed by atoms with Crippen LogP contribution in [0.3, 0.4) is 0 Å². The van der Waals surface area contributed by atoms with E-state index < -0.39 is 34.5 Å². The van der Waals surface area contributed by atoms with Crippen LogP contribution in [0.25, 0.3) is 10.8 Å². The maximum absolute atomic E-state index is 13.0. The van der Waals surface area contributed by atoms with E-state index in [1.165, 1.54) is 17.4 Å². The lowest BCUT2D eigenvalue weighted by Crippen LogP contribution is -2.48. The molecule has 38 heavy (non-hydrogen) atoms. The van der Waals surface area contributed by atoms with E-state index in [1.807, 2.05) is 0 Å². The summed E-state index contributed by atoms with van der Waals surface area (Å²) in [5.41, 5.74) is 0. The molecule has 13 heteroatoms. The lowest BCUT2D eigenvalue weighted by atomic mass is 10.1. The zero-order valence-electron chi connectivity index (χ0n) is 20.3. The number of fused-ring (bicyclic) bond motifs is 1. The zero-order valence-corrected chi connectivity index (χ0v) is 21.9. The number of carboxylic acid groups (broad SMARTS) is 1. The summed E-state index contributed by atoms with van der Waals surface area (Å²) in [6.07, 6.45) is 1.54. The summed E-state index contributed by atoms with van der Waals surface area (Å²) in [7, 11) is -4.20. The molecule has 1 unspecified atom stereocenters. The number of nitrogens with one attached hydrogen (secondary N) is 4. The molecule has 200 valence electrons. The van der Waals surface area contributed by atoms with Crippen molar-refractivity contribution in [2.45, 2.75) is 30.2 Å². The molecule has 0 saturated heterocycles. The third-order valence-electron chi connectivity index (χ3n) is 5.74. The van der Waals surface area contributed by atoms with Crippen LogP contribution < -0.4 is 20.7 Å². The Kier molecular flexibility index (Phi) is 8.71. The highest BCUT2D eigenvalue weighted by Crippen LogP contribution is 2.23. The first-order valence-corrected chi connectivity index (χ1v) is 14.2. The number of thiophene rings is 1. The second kappa shape index (κ2) is 12.2. The molecule has 11 nitrogen and oxygen atoms in total. The maximum Gasteiger partial charge on any atom is 0.323 e. The number of sulfonamides is 1. The Balaban J connectivity index is 1.33. The fraction of sp³-hybridized carbons (Fsp3) is 0.280. The van der Waals surface area contributed by atoms with E-state index in [0.29, 0.717) is 34.6 Å². The first-order chi connectivity index (χ1) is 18.2. The standard InChI is InChI=1S/C25H27N5O6S2/c31-22(29-25-26-13-4-14-27-25)12-10-17-9-11-20(37-17)23(32)28-15-19(24(33)34)30-38(35,36)21-8-3-6-16-5-1-2-7-18(16)21/h1-3,5-9,11,19,30H,4,10,12-15H2,(H,28,32)(H,33,34)(H2,26,27,29,31). The number of hydrogen-bond donors (Lipinski definition) is 5. The van der Waals surface area contributed by atoms with Gasteiger partial charge in [0.05, 0.1) is 9.77 Å². The minimum atomic E-state index is -4.20. The molecule has 0 saturated carbocycles. The quantitative estimate of drug-likeness (QED) is 0.252. The van der Waals surface area contributed by atoms with Gasteiger partial charge in [-0.05, 0) is 36.4 Å². The van der Waals surface area contributed by atoms with Crippen molar-refractivity contribution >= 4 is 55.9 Å². The molecular weight excluding hydrogens is 530 g/mol. The molecule has 2 amide bonds. The monoisotopic (exact) mass is 557 g/mol. The van der Waals surface area contributed by atoms with Crippen LogP contribution >= 0.6 is 11.3 Å². The number of benzene rings is 2. The van der Waals surface area contributed by atoms with Crippen LogP contribution in [0.5, 0.6) is 0 Å². The second-order valence-electron chi connectivity index (χ2n) is 8.52. The van der Waals surface area contributed by atoms with Gasteiger partial charge in [0.2, 0.25) is 15.9 Å². The fourth-order valence-corrected chi connectivity index (χ4v) is 6.17. The van der Waals surface area contributed by atoms with Crippen LogP contribution in [0.15, 0.2) is 64.5 Å². The van der Waals surface area contributed by atoms with Gasteiger partial charge in [-0.2, -0.15) is 4.72 Å². The molecule has 1 aromatic heterocycles. The van der Waals surface area contributed by atoms with Crippen LogP contribution in [0.1, 0.15) is 27.4 Å². The maximum atomic E-state index is 13.0. The lowest BCUT2D eigenvalue weighted by Gasteiger charge is -2.16. The van der Waals surface area contributed by atoms with Crippen molar-refractivity contribution in [3.63, 3.8) is 0 Å². The lowest BCUT2D eigenvalue weighted by molar-refractivity contribution is -0.138. The van der Waals surface area contributed by atoms with Gasteiger partial charge in [-0.3, -0.25) is 24.7 Å². The second-order valence-corrected chi connectivity index (χ2v) is 11.4. The Hall–Kier alpha value is -3.81. The molecule has 2 aromatic carbocycles. The van der Waals surface area contributed by atoms with Crippen molar-refractivity contribution in [3.8, 4) is 0 Å². The van der Waals surface area contributed by atoms with Crippen LogP contribution in [-0.2, 0) is 26.0 Å². The molecule has 0 spiro atoms. The van der Waals surface area contributed by atoms with Crippen molar-refractivity contribution in [2.24, 2.45) is 4.99 Å². The Morgan fingerprint density at radius 2 is 1.87 bits per heavy atom. The van der Waals surface area contributed by atoms with Crippen LogP contribution in [0, 0.1) is 0 Å². The van der Waals surface area contributed by atoms with Crippen LogP contribution in [-0.4, -0.2) is 62.9 Å². The molecule has 0 radical (unpaired) electrons. The smallest absolute Gasteiger partial charge is 0.323 e. The van der Waals surface area contributed by atoms with Crippen molar-refractivity contribution in [1.82, 2.24) is 20.7 Å². The number of hydrogen-bond acceptors (Lipinski definition) is 8. The third kappa shape index (κ3) is 6.94. The number of aryl methyl sites for hydroxylation is 1. The van der Waals surface area contributed by atoms with Gasteiger partial charge in [-0.25, -0.2) is 8.42 Å². The summed E-state index contributed by atoms with van der Waals surface area (Å²) in [6, 6.07) is 13.3. The average molecular weight is 558 g/mol. The molecule has 0 aliphatic carbocycles. The molecule has 4 rings (SSSR count). The highest BCUT2D eigenvalue weighted by molar-refractivity contribution is 7.89. The molecule has 2 heterocycles. The third-order valence-corrected chi connectivity index (χ3v) is 8.41. The number of carbonyl (C=O) groups excluding carboxylic acids is 2. The van der Waals surface area contributed by atoms with E-state index in [4.69, 9.17) is 0 Å². The Morgan fingerprint density at radius 1 is 1.08 bits per heavy atom. The van der Waals surface area contributed by atoms with Gasteiger partial charge in [0.1, 0.15) is 6.04 Å². The molecule has 1 atom stereocenters. The van der Waals surface area contributed by atoms with E-state index in [2.05, 4.69) is 25.7 Å². The minimum absolute atomic E-state index is 0.0496. The van der Waals surface area contributed by atoms with Crippen molar-refractivity contribution in [2.75, 3.05) is 19.6 Å². The molecule has 5 N–H and O–H groups in total. The van der Waals surface area contributed by atoms with Gasteiger partial charge >= 0.3 is 5.97 Å². The number of aliphatic imine (C=N–C) groups is 1. The van der Waals surface area contributed by atoms with Crippen LogP contribution in [0.2, 0.25) is 0 Å². The van der Waals surface area contributed by atoms with Crippen LogP contribution in [0.4, 0.5) is 0 Å². The highest BCUT2D eigenvalue weighted by atomic mass is 32.2. The van der Waals surface area contributed by atoms with E-state index in [1.54, 1.807) is 48.5 Å². The number of carboxylic acids is 1. The average Bonchev–Trinajstić information content (AvgIpc) is 3.39. The number of rotatable bonds is 10. The Labute approximate surface area is 223 Å². The van der Waals surface area contributed by atoms with E-state index >= 15 is 0 Å². The molecule has 3 aromatic rings. The number of nitrogens with zero attached hydrogens (tertiary/aromatic N) is 1. The van der Waals surface area contributed by atoms with E-state index in [-0.39, 0.29) is 17.2 Å². The minimum Gasteiger partial charge on any atom is -0.480 e. The molecule has 1 aliphatic rings. The number of aliphatic carboxylic acids is 1. The zero-order chi connectivity index (χ0) is 27.1. The number of amides is 2. The normalized spacial score (nSPS) is 14.3. The van der Waals surface area contributed by atoms with Crippen molar-refractivity contribution < 1.29 is 27.9 Å². The van der Waals surface area contributed by atoms with E-state index in [9.17, 15) is 27.9 Å². The molecule has 0 fully saturated rings. The van der Waals surface area contributed by atoms with Gasteiger partial charge < -0.3 is 15.7 Å². The Bertz CT molecular complexity index is 1480. The predicted molar refractivity (Wildman–Crippen MR) is 144 cm³/mol. The predicted octanol–water partition coefficient (Wildman–Crippen LogP) is 1.46. The fourth-order valence-electron chi connectivity index (χ4n) is 3.82.